The summed E-state index contributed by atoms with van der Waals surface area (Å²) in [6, 6.07) is 4.12. The molecule has 0 saturated heterocycles. The number of thiophene rings is 1. The van der Waals surface area contributed by atoms with Crippen molar-refractivity contribution in [2.75, 3.05) is 0 Å². The van der Waals surface area contributed by atoms with Crippen LogP contribution in [0.4, 0.5) is 0 Å². The van der Waals surface area contributed by atoms with Crippen LogP contribution in [0.1, 0.15) is 70.6 Å². The molecule has 0 aromatic carbocycles. The maximum Gasteiger partial charge on any atom is 0.104 e. The van der Waals surface area contributed by atoms with E-state index in [-0.39, 0.29) is 28.6 Å². The zero-order valence-corrected chi connectivity index (χ0v) is 18.3. The first-order valence-corrected chi connectivity index (χ1v) is 12.2. The van der Waals surface area contributed by atoms with Crippen molar-refractivity contribution < 1.29 is 15.3 Å². The fraction of sp³-hybridized carbons (Fsp3) is 0.833. The molecule has 4 heteroatoms. The van der Waals surface area contributed by atoms with Crippen LogP contribution in [-0.4, -0.2) is 27.5 Å². The number of aliphatic hydroxyl groups is 3. The van der Waals surface area contributed by atoms with E-state index in [1.807, 2.05) is 6.07 Å². The van der Waals surface area contributed by atoms with Gasteiger partial charge in [0.15, 0.2) is 0 Å². The molecule has 0 spiro atoms. The summed E-state index contributed by atoms with van der Waals surface area (Å²) in [5.41, 5.74) is -0.883. The molecule has 28 heavy (non-hydrogen) atoms. The summed E-state index contributed by atoms with van der Waals surface area (Å²) in [5.74, 6) is 1.71. The maximum atomic E-state index is 11.8. The van der Waals surface area contributed by atoms with Gasteiger partial charge >= 0.3 is 0 Å². The number of hydrogen-bond donors (Lipinski definition) is 3. The minimum Gasteiger partial charge on any atom is -0.390 e. The average molecular weight is 405 g/mol. The van der Waals surface area contributed by atoms with Gasteiger partial charge in [0, 0.05) is 10.3 Å². The Hall–Kier alpha value is -0.420. The van der Waals surface area contributed by atoms with Gasteiger partial charge in [0.1, 0.15) is 5.60 Å². The van der Waals surface area contributed by atoms with Gasteiger partial charge in [-0.2, -0.15) is 0 Å². The summed E-state index contributed by atoms with van der Waals surface area (Å²) in [6.45, 7) is 6.96. The van der Waals surface area contributed by atoms with Crippen LogP contribution in [0.15, 0.2) is 17.5 Å². The van der Waals surface area contributed by atoms with Crippen molar-refractivity contribution in [3.63, 3.8) is 0 Å². The first-order chi connectivity index (χ1) is 13.2. The zero-order valence-electron chi connectivity index (χ0n) is 17.5. The van der Waals surface area contributed by atoms with Crippen molar-refractivity contribution >= 4 is 11.3 Å². The molecule has 4 fully saturated rings. The van der Waals surface area contributed by atoms with E-state index in [2.05, 4.69) is 32.2 Å². The van der Waals surface area contributed by atoms with Gasteiger partial charge in [-0.1, -0.05) is 33.3 Å². The normalized spacial score (nSPS) is 56.0. The predicted molar refractivity (Wildman–Crippen MR) is 112 cm³/mol. The minimum absolute atomic E-state index is 0.109. The first kappa shape index (κ1) is 19.5. The second-order valence-electron chi connectivity index (χ2n) is 11.1. The highest BCUT2D eigenvalue weighted by atomic mass is 32.1. The molecule has 4 aliphatic carbocycles. The van der Waals surface area contributed by atoms with Crippen LogP contribution in [0, 0.1) is 40.4 Å². The molecule has 4 saturated carbocycles. The molecule has 3 nitrogen and oxygen atoms in total. The third-order valence-corrected chi connectivity index (χ3v) is 11.1. The van der Waals surface area contributed by atoms with Crippen molar-refractivity contribution in [1.82, 2.24) is 0 Å². The molecule has 0 amide bonds. The van der Waals surface area contributed by atoms with Gasteiger partial charge in [0.2, 0.25) is 0 Å². The lowest BCUT2D eigenvalue weighted by atomic mass is 9.42. The lowest BCUT2D eigenvalue weighted by Crippen LogP contribution is -2.64. The predicted octanol–water partition coefficient (Wildman–Crippen LogP) is 4.56. The molecule has 4 aliphatic rings. The van der Waals surface area contributed by atoms with Gasteiger partial charge in [-0.25, -0.2) is 0 Å². The van der Waals surface area contributed by atoms with Crippen LogP contribution >= 0.6 is 11.3 Å². The van der Waals surface area contributed by atoms with E-state index in [9.17, 15) is 15.3 Å². The van der Waals surface area contributed by atoms with Crippen molar-refractivity contribution in [3.05, 3.63) is 22.4 Å². The summed E-state index contributed by atoms with van der Waals surface area (Å²) in [6.07, 6.45) is 5.99. The van der Waals surface area contributed by atoms with E-state index in [1.54, 1.807) is 11.3 Å². The van der Waals surface area contributed by atoms with Crippen molar-refractivity contribution in [2.45, 2.75) is 83.5 Å². The summed E-state index contributed by atoms with van der Waals surface area (Å²) < 4.78 is 0. The highest BCUT2D eigenvalue weighted by Crippen LogP contribution is 2.70. The second kappa shape index (κ2) is 6.29. The third kappa shape index (κ3) is 2.32. The van der Waals surface area contributed by atoms with Crippen LogP contribution in [0.2, 0.25) is 0 Å². The standard InChI is InChI=1S/C24H36O3S/c1-14-6-9-22(2)15-7-10-23(3)16(19(15)21(26)20(25)17(22)13-14)8-11-24(23,27)18-5-4-12-28-18/h4-5,12,14-17,19-21,25-27H,6-11,13H2,1-3H3/t14-,15-,16-,17+,19?,20+,21+,22+,23-,24+/m0/s1. The van der Waals surface area contributed by atoms with Gasteiger partial charge in [-0.15, -0.1) is 11.3 Å². The third-order valence-electron chi connectivity index (χ3n) is 10.1. The molecular weight excluding hydrogens is 368 g/mol. The Kier molecular flexibility index (Phi) is 4.39. The lowest BCUT2D eigenvalue weighted by Gasteiger charge is -2.64. The van der Waals surface area contributed by atoms with E-state index < -0.39 is 17.8 Å². The largest absolute Gasteiger partial charge is 0.390 e. The molecule has 1 unspecified atom stereocenters. The van der Waals surface area contributed by atoms with Crippen molar-refractivity contribution in [1.29, 1.82) is 0 Å². The maximum absolute atomic E-state index is 11.8. The van der Waals surface area contributed by atoms with E-state index in [1.165, 1.54) is 12.8 Å². The summed E-state index contributed by atoms with van der Waals surface area (Å²) in [4.78, 5) is 1.08. The Morgan fingerprint density at radius 3 is 2.43 bits per heavy atom. The Morgan fingerprint density at radius 2 is 1.71 bits per heavy atom. The van der Waals surface area contributed by atoms with E-state index in [0.29, 0.717) is 11.8 Å². The van der Waals surface area contributed by atoms with Crippen LogP contribution in [0.3, 0.4) is 0 Å². The molecule has 5 rings (SSSR count). The van der Waals surface area contributed by atoms with Crippen LogP contribution in [-0.2, 0) is 5.60 Å². The highest BCUT2D eigenvalue weighted by molar-refractivity contribution is 7.10. The fourth-order valence-electron chi connectivity index (χ4n) is 8.40. The summed E-state index contributed by atoms with van der Waals surface area (Å²) in [7, 11) is 0. The second-order valence-corrected chi connectivity index (χ2v) is 12.0. The number of fused-ring (bicyclic) bond motifs is 5. The van der Waals surface area contributed by atoms with E-state index >= 15 is 0 Å². The van der Waals surface area contributed by atoms with Crippen molar-refractivity contribution in [3.8, 4) is 0 Å². The van der Waals surface area contributed by atoms with Crippen LogP contribution in [0.25, 0.3) is 0 Å². The molecule has 3 N–H and O–H groups in total. The monoisotopic (exact) mass is 404 g/mol. The number of hydrogen-bond acceptors (Lipinski definition) is 4. The molecule has 10 atom stereocenters. The molecule has 1 heterocycles. The Labute approximate surface area is 173 Å². The quantitative estimate of drug-likeness (QED) is 0.643. The highest BCUT2D eigenvalue weighted by Gasteiger charge is 2.68. The molecule has 0 aliphatic heterocycles. The molecule has 156 valence electrons. The summed E-state index contributed by atoms with van der Waals surface area (Å²) >= 11 is 1.66. The zero-order chi connectivity index (χ0) is 19.9. The summed E-state index contributed by atoms with van der Waals surface area (Å²) in [5, 5.41) is 36.5. The molecule has 0 radical (unpaired) electrons. The van der Waals surface area contributed by atoms with Gasteiger partial charge in [0.25, 0.3) is 0 Å². The van der Waals surface area contributed by atoms with Gasteiger partial charge < -0.3 is 15.3 Å². The van der Waals surface area contributed by atoms with Crippen LogP contribution in [0.5, 0.6) is 0 Å². The topological polar surface area (TPSA) is 60.7 Å². The molecule has 0 bridgehead atoms. The Morgan fingerprint density at radius 1 is 0.964 bits per heavy atom. The smallest absolute Gasteiger partial charge is 0.104 e. The van der Waals surface area contributed by atoms with Crippen LogP contribution < -0.4 is 0 Å². The lowest BCUT2D eigenvalue weighted by molar-refractivity contribution is -0.229. The fourth-order valence-corrected chi connectivity index (χ4v) is 9.39. The SMILES string of the molecule is C[C@H]1CC[C@@]2(C)[C@H](C1)[C@@H](O)[C@H](O)C1[C@@H]2CC[C@@]2(C)[C@H]1CC[C@@]2(O)c1cccs1. The molecule has 1 aromatic heterocycles. The van der Waals surface area contributed by atoms with Crippen molar-refractivity contribution in [2.24, 2.45) is 40.4 Å². The average Bonchev–Trinajstić information content (AvgIpc) is 3.29. The van der Waals surface area contributed by atoms with Gasteiger partial charge in [-0.3, -0.25) is 0 Å². The van der Waals surface area contributed by atoms with E-state index in [4.69, 9.17) is 0 Å². The number of rotatable bonds is 1. The molecule has 1 aromatic rings. The first-order valence-electron chi connectivity index (χ1n) is 11.3. The van der Waals surface area contributed by atoms with Gasteiger partial charge in [-0.05, 0) is 85.0 Å². The van der Waals surface area contributed by atoms with Gasteiger partial charge in [0.05, 0.1) is 12.2 Å². The molecular formula is C24H36O3S. The van der Waals surface area contributed by atoms with E-state index in [0.717, 1.165) is 37.0 Å². The Bertz CT molecular complexity index is 734. The minimum atomic E-state index is -0.791. The Balaban J connectivity index is 1.54. The number of aliphatic hydroxyl groups excluding tert-OH is 2.